The second-order valence-corrected chi connectivity index (χ2v) is 9.06. The molecular weight excluding hydrogens is 397 g/mol. The van der Waals surface area contributed by atoms with Crippen LogP contribution in [0.5, 0.6) is 5.75 Å². The summed E-state index contributed by atoms with van der Waals surface area (Å²) in [5, 5.41) is 10.9. The number of benzene rings is 2. The molecule has 1 aliphatic heterocycles. The van der Waals surface area contributed by atoms with Gasteiger partial charge in [-0.15, -0.1) is 0 Å². The van der Waals surface area contributed by atoms with Gasteiger partial charge in [0.2, 0.25) is 0 Å². The summed E-state index contributed by atoms with van der Waals surface area (Å²) < 4.78 is 25.8. The molecule has 4 rings (SSSR count). The Labute approximate surface area is 183 Å². The number of morpholine rings is 1. The van der Waals surface area contributed by atoms with E-state index in [2.05, 4.69) is 17.9 Å². The van der Waals surface area contributed by atoms with Gasteiger partial charge in [-0.25, -0.2) is 4.39 Å². The number of nitrogens with zero attached hydrogens (tertiary/aromatic N) is 1. The van der Waals surface area contributed by atoms with Crippen LogP contribution in [-0.2, 0) is 22.8 Å². The number of carbonyl (C=O) groups is 1. The van der Waals surface area contributed by atoms with E-state index in [-0.39, 0.29) is 18.6 Å². The van der Waals surface area contributed by atoms with Gasteiger partial charge in [0, 0.05) is 25.2 Å². The highest BCUT2D eigenvalue weighted by molar-refractivity contribution is 5.88. The largest absolute Gasteiger partial charge is 0.490 e. The molecule has 2 aromatic rings. The Balaban J connectivity index is 1.47. The van der Waals surface area contributed by atoms with Crippen molar-refractivity contribution in [2.24, 2.45) is 5.92 Å². The third kappa shape index (κ3) is 5.55. The molecule has 31 heavy (non-hydrogen) atoms. The van der Waals surface area contributed by atoms with Crippen LogP contribution in [0, 0.1) is 5.92 Å². The van der Waals surface area contributed by atoms with Crippen molar-refractivity contribution in [3.05, 3.63) is 41.5 Å². The van der Waals surface area contributed by atoms with Gasteiger partial charge in [0.05, 0.1) is 25.2 Å². The normalized spacial score (nSPS) is 24.9. The van der Waals surface area contributed by atoms with E-state index in [1.807, 2.05) is 24.3 Å². The van der Waals surface area contributed by atoms with Crippen LogP contribution in [0.1, 0.15) is 50.2 Å². The molecule has 0 spiro atoms. The topological polar surface area (TPSA) is 59.0 Å². The fraction of sp³-hybridized carbons (Fsp3) is 0.560. The van der Waals surface area contributed by atoms with Crippen LogP contribution in [0.3, 0.4) is 0 Å². The van der Waals surface area contributed by atoms with Gasteiger partial charge < -0.3 is 14.6 Å². The summed E-state index contributed by atoms with van der Waals surface area (Å²) in [6, 6.07) is 10.1. The predicted molar refractivity (Wildman–Crippen MR) is 118 cm³/mol. The first-order valence-corrected chi connectivity index (χ1v) is 11.3. The maximum atomic E-state index is 14.0. The van der Waals surface area contributed by atoms with Crippen LogP contribution in [0.2, 0.25) is 0 Å². The summed E-state index contributed by atoms with van der Waals surface area (Å²) in [4.78, 5) is 13.2. The molecule has 1 N–H and O–H groups in total. The number of aliphatic carboxylic acids is 1. The van der Waals surface area contributed by atoms with E-state index in [0.29, 0.717) is 24.5 Å². The molecule has 6 heteroatoms. The van der Waals surface area contributed by atoms with Crippen molar-refractivity contribution in [2.75, 3.05) is 19.7 Å². The van der Waals surface area contributed by atoms with Gasteiger partial charge in [-0.1, -0.05) is 25.1 Å². The Kier molecular flexibility index (Phi) is 7.08. The fourth-order valence-corrected chi connectivity index (χ4v) is 4.80. The number of fused-ring (bicyclic) bond motifs is 1. The molecule has 5 nitrogen and oxygen atoms in total. The minimum atomic E-state index is -0.836. The highest BCUT2D eigenvalue weighted by atomic mass is 19.1. The number of ether oxygens (including phenoxy) is 2. The van der Waals surface area contributed by atoms with Crippen LogP contribution in [0.4, 0.5) is 4.39 Å². The maximum absolute atomic E-state index is 14.0. The number of halogens is 1. The SMILES string of the molecule is CC1CCC(Oc2ccc3cc(CN4CCOC(CC(=O)O)C4)ccc3c2CF)CC1. The summed E-state index contributed by atoms with van der Waals surface area (Å²) in [6.45, 7) is 4.37. The zero-order valence-electron chi connectivity index (χ0n) is 18.2. The first-order chi connectivity index (χ1) is 15.0. The first-order valence-electron chi connectivity index (χ1n) is 11.3. The van der Waals surface area contributed by atoms with Crippen molar-refractivity contribution in [1.82, 2.24) is 4.90 Å². The standard InChI is InChI=1S/C25H32FNO4/c1-17-2-6-20(7-3-17)31-24-9-5-19-12-18(4-8-22(19)23(24)14-26)15-27-10-11-30-21(16-27)13-25(28)29/h4-5,8-9,12,17,20-21H,2-3,6-7,10-11,13-16H2,1H3,(H,28,29). The zero-order valence-corrected chi connectivity index (χ0v) is 18.2. The predicted octanol–water partition coefficient (Wildman–Crippen LogP) is 4.94. The van der Waals surface area contributed by atoms with Crippen molar-refractivity contribution in [3.8, 4) is 5.75 Å². The molecule has 0 aromatic heterocycles. The summed E-state index contributed by atoms with van der Waals surface area (Å²) in [7, 11) is 0. The molecule has 1 heterocycles. The molecule has 1 saturated heterocycles. The number of hydrogen-bond acceptors (Lipinski definition) is 4. The Morgan fingerprint density at radius 1 is 1.23 bits per heavy atom. The van der Waals surface area contributed by atoms with Gasteiger partial charge in [0.15, 0.2) is 0 Å². The summed E-state index contributed by atoms with van der Waals surface area (Å²) in [5.41, 5.74) is 1.76. The van der Waals surface area contributed by atoms with E-state index in [1.165, 1.54) is 12.8 Å². The molecule has 1 atom stereocenters. The van der Waals surface area contributed by atoms with Gasteiger partial charge in [0.25, 0.3) is 0 Å². The molecule has 1 saturated carbocycles. The minimum absolute atomic E-state index is 0.0246. The number of alkyl halides is 1. The molecule has 0 amide bonds. The third-order valence-electron chi connectivity index (χ3n) is 6.57. The zero-order chi connectivity index (χ0) is 21.8. The fourth-order valence-electron chi connectivity index (χ4n) is 4.80. The Morgan fingerprint density at radius 2 is 2.03 bits per heavy atom. The third-order valence-corrected chi connectivity index (χ3v) is 6.57. The van der Waals surface area contributed by atoms with Gasteiger partial charge in [-0.2, -0.15) is 0 Å². The number of hydrogen-bond donors (Lipinski definition) is 1. The van der Waals surface area contributed by atoms with Crippen LogP contribution in [0.15, 0.2) is 30.3 Å². The van der Waals surface area contributed by atoms with Crippen molar-refractivity contribution < 1.29 is 23.8 Å². The maximum Gasteiger partial charge on any atom is 0.306 e. The molecule has 1 unspecified atom stereocenters. The van der Waals surface area contributed by atoms with E-state index in [9.17, 15) is 9.18 Å². The highest BCUT2D eigenvalue weighted by Gasteiger charge is 2.23. The van der Waals surface area contributed by atoms with E-state index >= 15 is 0 Å². The monoisotopic (exact) mass is 429 g/mol. The van der Waals surface area contributed by atoms with Crippen molar-refractivity contribution in [2.45, 2.75) is 64.5 Å². The second kappa shape index (κ2) is 9.96. The summed E-state index contributed by atoms with van der Waals surface area (Å²) in [6.07, 6.45) is 4.34. The molecule has 2 fully saturated rings. The number of rotatable bonds is 7. The summed E-state index contributed by atoms with van der Waals surface area (Å²) >= 11 is 0. The van der Waals surface area contributed by atoms with Gasteiger partial charge in [0.1, 0.15) is 12.4 Å². The van der Waals surface area contributed by atoms with Gasteiger partial charge in [-0.05, 0) is 60.1 Å². The number of carboxylic acids is 1. The minimum Gasteiger partial charge on any atom is -0.490 e. The van der Waals surface area contributed by atoms with Gasteiger partial charge in [-0.3, -0.25) is 9.69 Å². The molecule has 1 aliphatic carbocycles. The summed E-state index contributed by atoms with van der Waals surface area (Å²) in [5.74, 6) is 0.588. The van der Waals surface area contributed by atoms with E-state index in [0.717, 1.165) is 48.2 Å². The van der Waals surface area contributed by atoms with E-state index in [1.54, 1.807) is 0 Å². The van der Waals surface area contributed by atoms with E-state index < -0.39 is 12.6 Å². The lowest BCUT2D eigenvalue weighted by atomic mass is 9.89. The number of carboxylic acid groups (broad SMARTS) is 1. The Bertz CT molecular complexity index is 910. The smallest absolute Gasteiger partial charge is 0.306 e. The second-order valence-electron chi connectivity index (χ2n) is 9.06. The van der Waals surface area contributed by atoms with Crippen molar-refractivity contribution in [1.29, 1.82) is 0 Å². The lowest BCUT2D eigenvalue weighted by Crippen LogP contribution is -2.42. The molecular formula is C25H32FNO4. The Hall–Kier alpha value is -2.18. The molecule has 2 aliphatic rings. The van der Waals surface area contributed by atoms with Crippen LogP contribution >= 0.6 is 0 Å². The first kappa shape index (κ1) is 22.0. The average Bonchev–Trinajstić information content (AvgIpc) is 2.75. The lowest BCUT2D eigenvalue weighted by molar-refractivity contribution is -0.142. The average molecular weight is 430 g/mol. The van der Waals surface area contributed by atoms with Gasteiger partial charge >= 0.3 is 5.97 Å². The molecule has 0 radical (unpaired) electrons. The lowest BCUT2D eigenvalue weighted by Gasteiger charge is -2.32. The molecule has 2 aromatic carbocycles. The highest BCUT2D eigenvalue weighted by Crippen LogP contribution is 2.33. The Morgan fingerprint density at radius 3 is 2.77 bits per heavy atom. The van der Waals surface area contributed by atoms with Crippen LogP contribution in [-0.4, -0.2) is 47.9 Å². The van der Waals surface area contributed by atoms with Crippen LogP contribution in [0.25, 0.3) is 10.8 Å². The van der Waals surface area contributed by atoms with Crippen molar-refractivity contribution >= 4 is 16.7 Å². The molecule has 168 valence electrons. The quantitative estimate of drug-likeness (QED) is 0.675. The van der Waals surface area contributed by atoms with Crippen LogP contribution < -0.4 is 4.74 Å². The molecule has 0 bridgehead atoms. The van der Waals surface area contributed by atoms with Crippen molar-refractivity contribution in [3.63, 3.8) is 0 Å². The van der Waals surface area contributed by atoms with E-state index in [4.69, 9.17) is 14.6 Å².